The smallest absolute Gasteiger partial charge is 0.140 e. The Morgan fingerprint density at radius 2 is 2.00 bits per heavy atom. The predicted molar refractivity (Wildman–Crippen MR) is 53.1 cm³/mol. The van der Waals surface area contributed by atoms with Crippen molar-refractivity contribution in [2.24, 2.45) is 0 Å². The van der Waals surface area contributed by atoms with Crippen LogP contribution in [0.15, 0.2) is 0 Å². The maximum absolute atomic E-state index is 5.69. The standard InChI is InChI=1S/C8H13N3S/c1-5-6(2)10-7(4-12-3)11-8(5)9/h4H2,1-3H3,(H2,9,10,11). The number of hydrogen-bond acceptors (Lipinski definition) is 4. The van der Waals surface area contributed by atoms with Crippen molar-refractivity contribution in [3.8, 4) is 0 Å². The number of anilines is 1. The third-order valence-corrected chi connectivity index (χ3v) is 2.29. The molecular weight excluding hydrogens is 170 g/mol. The van der Waals surface area contributed by atoms with Crippen LogP contribution in [0.1, 0.15) is 17.1 Å². The molecule has 1 aromatic heterocycles. The molecule has 0 saturated carbocycles. The van der Waals surface area contributed by atoms with Crippen molar-refractivity contribution >= 4 is 17.6 Å². The summed E-state index contributed by atoms with van der Waals surface area (Å²) in [5.74, 6) is 2.25. The SMILES string of the molecule is CSCc1nc(C)c(C)c(N)n1. The molecule has 3 nitrogen and oxygen atoms in total. The number of hydrogen-bond donors (Lipinski definition) is 1. The fourth-order valence-electron chi connectivity index (χ4n) is 0.904. The van der Waals surface area contributed by atoms with E-state index in [2.05, 4.69) is 9.97 Å². The predicted octanol–water partition coefficient (Wildman–Crippen LogP) is 1.54. The van der Waals surface area contributed by atoms with Crippen LogP contribution in [0.4, 0.5) is 5.82 Å². The Hall–Kier alpha value is -0.770. The second kappa shape index (κ2) is 3.76. The van der Waals surface area contributed by atoms with Gasteiger partial charge in [-0.25, -0.2) is 9.97 Å². The van der Waals surface area contributed by atoms with Crippen LogP contribution in [0.3, 0.4) is 0 Å². The fourth-order valence-corrected chi connectivity index (χ4v) is 1.29. The van der Waals surface area contributed by atoms with Crippen LogP contribution in [0.2, 0.25) is 0 Å². The first-order valence-corrected chi connectivity index (χ1v) is 5.13. The molecule has 0 radical (unpaired) electrons. The monoisotopic (exact) mass is 183 g/mol. The van der Waals surface area contributed by atoms with E-state index >= 15 is 0 Å². The van der Waals surface area contributed by atoms with Gasteiger partial charge in [-0.3, -0.25) is 0 Å². The third kappa shape index (κ3) is 1.88. The van der Waals surface area contributed by atoms with Gasteiger partial charge in [0, 0.05) is 11.3 Å². The maximum atomic E-state index is 5.69. The molecule has 0 spiro atoms. The van der Waals surface area contributed by atoms with E-state index in [-0.39, 0.29) is 0 Å². The summed E-state index contributed by atoms with van der Waals surface area (Å²) < 4.78 is 0. The molecule has 2 N–H and O–H groups in total. The highest BCUT2D eigenvalue weighted by atomic mass is 32.2. The minimum atomic E-state index is 0.603. The number of nitrogens with zero attached hydrogens (tertiary/aromatic N) is 2. The van der Waals surface area contributed by atoms with E-state index in [4.69, 9.17) is 5.73 Å². The Labute approximate surface area is 76.8 Å². The number of aryl methyl sites for hydroxylation is 1. The van der Waals surface area contributed by atoms with Crippen LogP contribution in [-0.4, -0.2) is 16.2 Å². The normalized spacial score (nSPS) is 10.2. The summed E-state index contributed by atoms with van der Waals surface area (Å²) in [4.78, 5) is 8.48. The van der Waals surface area contributed by atoms with Crippen LogP contribution >= 0.6 is 11.8 Å². The van der Waals surface area contributed by atoms with Crippen LogP contribution in [0.5, 0.6) is 0 Å². The van der Waals surface area contributed by atoms with Crippen LogP contribution in [0.25, 0.3) is 0 Å². The molecule has 0 aliphatic heterocycles. The summed E-state index contributed by atoms with van der Waals surface area (Å²) >= 11 is 1.70. The molecule has 0 saturated heterocycles. The zero-order valence-electron chi connectivity index (χ0n) is 7.59. The van der Waals surface area contributed by atoms with Crippen molar-refractivity contribution in [3.63, 3.8) is 0 Å². The molecule has 0 fully saturated rings. The van der Waals surface area contributed by atoms with Crippen LogP contribution in [0, 0.1) is 13.8 Å². The summed E-state index contributed by atoms with van der Waals surface area (Å²) in [5.41, 5.74) is 7.66. The third-order valence-electron chi connectivity index (χ3n) is 1.75. The average molecular weight is 183 g/mol. The molecule has 0 aliphatic rings. The van der Waals surface area contributed by atoms with Gasteiger partial charge < -0.3 is 5.73 Å². The Morgan fingerprint density at radius 3 is 2.50 bits per heavy atom. The lowest BCUT2D eigenvalue weighted by Crippen LogP contribution is -2.03. The molecule has 0 aliphatic carbocycles. The molecule has 4 heteroatoms. The van der Waals surface area contributed by atoms with E-state index in [1.54, 1.807) is 11.8 Å². The molecule has 0 bridgehead atoms. The second-order valence-corrected chi connectivity index (χ2v) is 3.53. The highest BCUT2D eigenvalue weighted by molar-refractivity contribution is 7.97. The van der Waals surface area contributed by atoms with Crippen molar-refractivity contribution in [2.45, 2.75) is 19.6 Å². The minimum Gasteiger partial charge on any atom is -0.383 e. The lowest BCUT2D eigenvalue weighted by molar-refractivity contribution is 0.982. The number of nitrogen functional groups attached to an aromatic ring is 1. The topological polar surface area (TPSA) is 51.8 Å². The first-order valence-electron chi connectivity index (χ1n) is 3.73. The van der Waals surface area contributed by atoms with Gasteiger partial charge in [0.2, 0.25) is 0 Å². The summed E-state index contributed by atoms with van der Waals surface area (Å²) in [5, 5.41) is 0. The molecule has 0 atom stereocenters. The molecule has 1 rings (SSSR count). The molecule has 0 unspecified atom stereocenters. The van der Waals surface area contributed by atoms with Gasteiger partial charge in [-0.05, 0) is 20.1 Å². The largest absolute Gasteiger partial charge is 0.383 e. The fraction of sp³-hybridized carbons (Fsp3) is 0.500. The molecule has 0 aromatic carbocycles. The molecular formula is C8H13N3S. The van der Waals surface area contributed by atoms with E-state index < -0.39 is 0 Å². The number of nitrogens with two attached hydrogens (primary N) is 1. The first-order chi connectivity index (χ1) is 5.65. The quantitative estimate of drug-likeness (QED) is 0.755. The number of rotatable bonds is 2. The van der Waals surface area contributed by atoms with Crippen molar-refractivity contribution in [1.82, 2.24) is 9.97 Å². The van der Waals surface area contributed by atoms with Crippen molar-refractivity contribution in [3.05, 3.63) is 17.1 Å². The van der Waals surface area contributed by atoms with E-state index in [9.17, 15) is 0 Å². The lowest BCUT2D eigenvalue weighted by Gasteiger charge is -2.05. The van der Waals surface area contributed by atoms with Gasteiger partial charge in [0.05, 0.1) is 5.75 Å². The summed E-state index contributed by atoms with van der Waals surface area (Å²) in [6.45, 7) is 3.89. The van der Waals surface area contributed by atoms with E-state index in [0.29, 0.717) is 5.82 Å². The van der Waals surface area contributed by atoms with Crippen molar-refractivity contribution < 1.29 is 0 Å². The number of aromatic nitrogens is 2. The lowest BCUT2D eigenvalue weighted by atomic mass is 10.2. The number of thioether (sulfide) groups is 1. The Balaban J connectivity index is 3.04. The molecule has 0 amide bonds. The van der Waals surface area contributed by atoms with Gasteiger partial charge in [0.25, 0.3) is 0 Å². The van der Waals surface area contributed by atoms with Gasteiger partial charge in [0.1, 0.15) is 11.6 Å². The van der Waals surface area contributed by atoms with Crippen LogP contribution in [-0.2, 0) is 5.75 Å². The van der Waals surface area contributed by atoms with Crippen molar-refractivity contribution in [2.75, 3.05) is 12.0 Å². The highest BCUT2D eigenvalue weighted by Crippen LogP contribution is 2.13. The first kappa shape index (κ1) is 9.32. The van der Waals surface area contributed by atoms with Gasteiger partial charge >= 0.3 is 0 Å². The zero-order valence-corrected chi connectivity index (χ0v) is 8.40. The molecule has 66 valence electrons. The summed E-state index contributed by atoms with van der Waals surface area (Å²) in [7, 11) is 0. The van der Waals surface area contributed by atoms with Gasteiger partial charge in [-0.2, -0.15) is 11.8 Å². The van der Waals surface area contributed by atoms with Crippen molar-refractivity contribution in [1.29, 1.82) is 0 Å². The van der Waals surface area contributed by atoms with Gasteiger partial charge in [0.15, 0.2) is 0 Å². The molecule has 1 heterocycles. The highest BCUT2D eigenvalue weighted by Gasteiger charge is 2.03. The Kier molecular flexibility index (Phi) is 2.92. The Bertz CT molecular complexity index is 263. The van der Waals surface area contributed by atoms with Gasteiger partial charge in [-0.1, -0.05) is 0 Å². The molecule has 1 aromatic rings. The average Bonchev–Trinajstić information content (AvgIpc) is 2.01. The molecule has 12 heavy (non-hydrogen) atoms. The van der Waals surface area contributed by atoms with E-state index in [1.165, 1.54) is 0 Å². The van der Waals surface area contributed by atoms with E-state index in [0.717, 1.165) is 22.8 Å². The second-order valence-electron chi connectivity index (χ2n) is 2.67. The zero-order chi connectivity index (χ0) is 9.14. The summed E-state index contributed by atoms with van der Waals surface area (Å²) in [6, 6.07) is 0. The van der Waals surface area contributed by atoms with E-state index in [1.807, 2.05) is 20.1 Å². The maximum Gasteiger partial charge on any atom is 0.140 e. The van der Waals surface area contributed by atoms with Gasteiger partial charge in [-0.15, -0.1) is 0 Å². The Morgan fingerprint density at radius 1 is 1.33 bits per heavy atom. The minimum absolute atomic E-state index is 0.603. The summed E-state index contributed by atoms with van der Waals surface area (Å²) in [6.07, 6.45) is 2.02. The van der Waals surface area contributed by atoms with Crippen LogP contribution < -0.4 is 5.73 Å².